The Balaban J connectivity index is 1.29. The van der Waals surface area contributed by atoms with Gasteiger partial charge in [0.2, 0.25) is 11.1 Å². The fourth-order valence-electron chi connectivity index (χ4n) is 4.22. The third kappa shape index (κ3) is 5.43. The molecule has 1 fully saturated rings. The average molecular weight is 498 g/mol. The second kappa shape index (κ2) is 10.7. The van der Waals surface area contributed by atoms with Crippen LogP contribution in [0.25, 0.3) is 22.1 Å². The highest BCUT2D eigenvalue weighted by atomic mass is 32.2. The van der Waals surface area contributed by atoms with Gasteiger partial charge in [0.05, 0.1) is 18.7 Å². The highest BCUT2D eigenvalue weighted by molar-refractivity contribution is 7.99. The summed E-state index contributed by atoms with van der Waals surface area (Å²) in [6.45, 7) is 3.00. The number of halogens is 2. The Bertz CT molecular complexity index is 1340. The summed E-state index contributed by atoms with van der Waals surface area (Å²) in [4.78, 5) is 18.9. The minimum absolute atomic E-state index is 0.176. The largest absolute Gasteiger partial charge is 0.378 e. The van der Waals surface area contributed by atoms with Crippen LogP contribution < -0.4 is 0 Å². The summed E-state index contributed by atoms with van der Waals surface area (Å²) in [5, 5.41) is 9.78. The fraction of sp³-hybridized carbons (Fsp3) is 0.360. The molecule has 0 radical (unpaired) electrons. The van der Waals surface area contributed by atoms with E-state index in [1.165, 1.54) is 36.0 Å². The molecule has 1 aliphatic heterocycles. The number of carbonyl (C=O) groups excluding carboxylic acids is 1. The molecule has 0 N–H and O–H groups in total. The zero-order valence-electron chi connectivity index (χ0n) is 19.1. The third-order valence-electron chi connectivity index (χ3n) is 6.04. The number of fused-ring (bicyclic) bond motifs is 3. The van der Waals surface area contributed by atoms with Gasteiger partial charge in [0.25, 0.3) is 0 Å². The molecular weight excluding hydrogens is 472 g/mol. The van der Waals surface area contributed by atoms with Crippen LogP contribution in [0.15, 0.2) is 47.6 Å². The minimum Gasteiger partial charge on any atom is -0.378 e. The average Bonchev–Trinajstić information content (AvgIpc) is 3.17. The van der Waals surface area contributed by atoms with E-state index in [2.05, 4.69) is 10.2 Å². The molecule has 0 atom stereocenters. The molecule has 0 unspecified atom stereocenters. The smallest absolute Gasteiger partial charge is 0.222 e. The SMILES string of the molecule is O=C(CCCCSc1nnc2c3cc(F)ccc3n(Cc3ccc(F)cc3)c2n1)N1CCOCC1. The normalized spacial score (nSPS) is 14.2. The first-order valence-corrected chi connectivity index (χ1v) is 12.6. The molecule has 1 saturated heterocycles. The van der Waals surface area contributed by atoms with Crippen LogP contribution in [0.5, 0.6) is 0 Å². The Morgan fingerprint density at radius 3 is 2.57 bits per heavy atom. The first-order chi connectivity index (χ1) is 17.1. The molecule has 35 heavy (non-hydrogen) atoms. The molecule has 2 aromatic carbocycles. The molecule has 0 spiro atoms. The van der Waals surface area contributed by atoms with Gasteiger partial charge in [-0.1, -0.05) is 23.9 Å². The van der Waals surface area contributed by atoms with Gasteiger partial charge in [-0.05, 0) is 48.7 Å². The van der Waals surface area contributed by atoms with E-state index in [-0.39, 0.29) is 17.5 Å². The number of ether oxygens (including phenoxy) is 1. The maximum atomic E-state index is 14.0. The van der Waals surface area contributed by atoms with Crippen LogP contribution in [0.2, 0.25) is 0 Å². The number of aromatic nitrogens is 4. The molecule has 10 heteroatoms. The highest BCUT2D eigenvalue weighted by Gasteiger charge is 2.18. The van der Waals surface area contributed by atoms with E-state index >= 15 is 0 Å². The molecule has 7 nitrogen and oxygen atoms in total. The molecule has 5 rings (SSSR count). The van der Waals surface area contributed by atoms with E-state index in [1.807, 2.05) is 9.47 Å². The van der Waals surface area contributed by atoms with Crippen LogP contribution in [0.3, 0.4) is 0 Å². The van der Waals surface area contributed by atoms with Gasteiger partial charge >= 0.3 is 0 Å². The van der Waals surface area contributed by atoms with Crippen molar-refractivity contribution in [3.05, 3.63) is 59.7 Å². The Morgan fingerprint density at radius 1 is 1.00 bits per heavy atom. The fourth-order valence-corrected chi connectivity index (χ4v) is 5.00. The number of benzene rings is 2. The van der Waals surface area contributed by atoms with E-state index in [4.69, 9.17) is 9.72 Å². The van der Waals surface area contributed by atoms with Crippen LogP contribution in [-0.4, -0.2) is 62.6 Å². The van der Waals surface area contributed by atoms with Gasteiger partial charge in [0.15, 0.2) is 5.65 Å². The summed E-state index contributed by atoms with van der Waals surface area (Å²) in [6, 6.07) is 10.8. The summed E-state index contributed by atoms with van der Waals surface area (Å²) in [7, 11) is 0. The van der Waals surface area contributed by atoms with Crippen LogP contribution in [0, 0.1) is 11.6 Å². The van der Waals surface area contributed by atoms with E-state index in [0.29, 0.717) is 61.0 Å². The molecule has 1 aliphatic rings. The molecule has 0 aliphatic carbocycles. The Hall–Kier alpha value is -3.11. The third-order valence-corrected chi connectivity index (χ3v) is 6.97. The molecule has 2 aromatic heterocycles. The van der Waals surface area contributed by atoms with Gasteiger partial charge in [-0.25, -0.2) is 13.8 Å². The van der Waals surface area contributed by atoms with Crippen molar-refractivity contribution in [2.45, 2.75) is 31.0 Å². The summed E-state index contributed by atoms with van der Waals surface area (Å²) in [5.74, 6) is 0.281. The number of nitrogens with zero attached hydrogens (tertiary/aromatic N) is 5. The summed E-state index contributed by atoms with van der Waals surface area (Å²) >= 11 is 1.49. The molecule has 1 amide bonds. The minimum atomic E-state index is -0.356. The Labute approximate surface area is 205 Å². The zero-order chi connectivity index (χ0) is 24.2. The van der Waals surface area contributed by atoms with Crippen molar-refractivity contribution in [3.63, 3.8) is 0 Å². The lowest BCUT2D eigenvalue weighted by Crippen LogP contribution is -2.40. The van der Waals surface area contributed by atoms with Gasteiger partial charge in [-0.3, -0.25) is 4.79 Å². The van der Waals surface area contributed by atoms with Crippen molar-refractivity contribution in [1.82, 2.24) is 24.6 Å². The van der Waals surface area contributed by atoms with Crippen LogP contribution in [0.1, 0.15) is 24.8 Å². The van der Waals surface area contributed by atoms with Crippen molar-refractivity contribution in [2.75, 3.05) is 32.1 Å². The Morgan fingerprint density at radius 2 is 1.77 bits per heavy atom. The van der Waals surface area contributed by atoms with E-state index in [9.17, 15) is 13.6 Å². The van der Waals surface area contributed by atoms with Crippen LogP contribution in [0.4, 0.5) is 8.78 Å². The number of rotatable bonds is 8. The topological polar surface area (TPSA) is 73.1 Å². The first kappa shape index (κ1) is 23.6. The van der Waals surface area contributed by atoms with E-state index < -0.39 is 0 Å². The quantitative estimate of drug-likeness (QED) is 0.265. The number of amides is 1. The predicted molar refractivity (Wildman–Crippen MR) is 130 cm³/mol. The second-order valence-corrected chi connectivity index (χ2v) is 9.50. The van der Waals surface area contributed by atoms with Crippen molar-refractivity contribution >= 4 is 39.7 Å². The monoisotopic (exact) mass is 497 g/mol. The number of hydrogen-bond donors (Lipinski definition) is 0. The van der Waals surface area contributed by atoms with Crippen molar-refractivity contribution in [3.8, 4) is 0 Å². The van der Waals surface area contributed by atoms with Crippen molar-refractivity contribution in [1.29, 1.82) is 0 Å². The van der Waals surface area contributed by atoms with Gasteiger partial charge in [0, 0.05) is 37.2 Å². The molecule has 3 heterocycles. The van der Waals surface area contributed by atoms with Gasteiger partial charge in [-0.2, -0.15) is 0 Å². The summed E-state index contributed by atoms with van der Waals surface area (Å²) in [6.07, 6.45) is 2.17. The van der Waals surface area contributed by atoms with Crippen LogP contribution in [-0.2, 0) is 16.1 Å². The standard InChI is InChI=1S/C25H25F2N5O2S/c26-18-6-4-17(5-7-18)16-32-21-9-8-19(27)15-20(21)23-24(32)28-25(30-29-23)35-14-2-1-3-22(33)31-10-12-34-13-11-31/h4-9,15H,1-3,10-14,16H2. The molecule has 0 bridgehead atoms. The second-order valence-electron chi connectivity index (χ2n) is 8.44. The molecular formula is C25H25F2N5O2S. The molecule has 182 valence electrons. The van der Waals surface area contributed by atoms with Gasteiger partial charge in [-0.15, -0.1) is 10.2 Å². The van der Waals surface area contributed by atoms with Gasteiger partial charge < -0.3 is 14.2 Å². The number of carbonyl (C=O) groups is 1. The highest BCUT2D eigenvalue weighted by Crippen LogP contribution is 2.29. The number of unbranched alkanes of at least 4 members (excludes halogenated alkanes) is 1. The number of morpholine rings is 1. The predicted octanol–water partition coefficient (Wildman–Crippen LogP) is 4.43. The first-order valence-electron chi connectivity index (χ1n) is 11.6. The lowest BCUT2D eigenvalue weighted by molar-refractivity contribution is -0.135. The van der Waals surface area contributed by atoms with Gasteiger partial charge in [0.1, 0.15) is 17.2 Å². The molecule has 0 saturated carbocycles. The van der Waals surface area contributed by atoms with Crippen LogP contribution >= 0.6 is 11.8 Å². The Kier molecular flexibility index (Phi) is 7.19. The molecule has 4 aromatic rings. The van der Waals surface area contributed by atoms with Crippen molar-refractivity contribution in [2.24, 2.45) is 0 Å². The maximum Gasteiger partial charge on any atom is 0.222 e. The van der Waals surface area contributed by atoms with Crippen molar-refractivity contribution < 1.29 is 18.3 Å². The summed E-state index contributed by atoms with van der Waals surface area (Å²) < 4.78 is 34.6. The lowest BCUT2D eigenvalue weighted by Gasteiger charge is -2.26. The van der Waals surface area contributed by atoms with E-state index in [1.54, 1.807) is 18.2 Å². The number of thioether (sulfide) groups is 1. The maximum absolute atomic E-state index is 14.0. The lowest BCUT2D eigenvalue weighted by atomic mass is 10.2. The zero-order valence-corrected chi connectivity index (χ0v) is 19.9. The van der Waals surface area contributed by atoms with E-state index in [0.717, 1.165) is 29.7 Å². The summed E-state index contributed by atoms with van der Waals surface area (Å²) in [5.41, 5.74) is 2.82. The number of hydrogen-bond acceptors (Lipinski definition) is 6.